The largest absolute Gasteiger partial charge is 0.373 e. The Morgan fingerprint density at radius 3 is 2.61 bits per heavy atom. The van der Waals surface area contributed by atoms with Gasteiger partial charge in [0.1, 0.15) is 12.1 Å². The third-order valence-corrected chi connectivity index (χ3v) is 2.79. The van der Waals surface area contributed by atoms with Gasteiger partial charge in [-0.1, -0.05) is 0 Å². The van der Waals surface area contributed by atoms with Crippen molar-refractivity contribution in [3.63, 3.8) is 0 Å². The number of pyridine rings is 1. The summed E-state index contributed by atoms with van der Waals surface area (Å²) in [4.78, 5) is 18.9. The van der Waals surface area contributed by atoms with E-state index in [1.165, 1.54) is 6.07 Å². The number of hydrogen-bond donors (Lipinski definition) is 1. The predicted molar refractivity (Wildman–Crippen MR) is 67.0 cm³/mol. The van der Waals surface area contributed by atoms with Crippen LogP contribution in [0.4, 0.5) is 11.5 Å². The molecule has 2 heterocycles. The second-order valence-electron chi connectivity index (χ2n) is 3.83. The first-order valence-corrected chi connectivity index (χ1v) is 5.38. The van der Waals surface area contributed by atoms with Crippen molar-refractivity contribution < 1.29 is 4.92 Å². The highest BCUT2D eigenvalue weighted by atomic mass is 16.6. The van der Waals surface area contributed by atoms with Gasteiger partial charge in [0.15, 0.2) is 0 Å². The first-order valence-electron chi connectivity index (χ1n) is 5.38. The molecule has 0 unspecified atom stereocenters. The molecule has 94 valence electrons. The molecule has 0 saturated heterocycles. The average molecular weight is 247 g/mol. The van der Waals surface area contributed by atoms with Crippen molar-refractivity contribution in [2.24, 2.45) is 0 Å². The van der Waals surface area contributed by atoms with E-state index >= 15 is 0 Å². The fourth-order valence-corrected chi connectivity index (χ4v) is 1.61. The third kappa shape index (κ3) is 1.90. The van der Waals surface area contributed by atoms with E-state index in [2.05, 4.69) is 15.3 Å². The van der Waals surface area contributed by atoms with Crippen LogP contribution in [0.3, 0.4) is 0 Å². The summed E-state index contributed by atoms with van der Waals surface area (Å²) in [5.41, 5.74) is 1.61. The molecule has 7 nitrogen and oxygen atoms in total. The average Bonchev–Trinajstić information content (AvgIpc) is 2.69. The van der Waals surface area contributed by atoms with E-state index in [4.69, 9.17) is 0 Å². The Labute approximate surface area is 104 Å². The van der Waals surface area contributed by atoms with Crippen LogP contribution in [-0.4, -0.2) is 26.5 Å². The van der Waals surface area contributed by atoms with Crippen molar-refractivity contribution in [2.75, 3.05) is 12.4 Å². The standard InChI is InChI=1S/C11H13N5O2/c1-7-8(2)15(6-13-7)11-9(16(17)18)4-5-10(12-3)14-11/h4-6H,1-3H3,(H,12,14). The number of rotatable bonds is 3. The summed E-state index contributed by atoms with van der Waals surface area (Å²) in [6.07, 6.45) is 1.54. The van der Waals surface area contributed by atoms with Crippen molar-refractivity contribution in [1.82, 2.24) is 14.5 Å². The van der Waals surface area contributed by atoms with Crippen LogP contribution < -0.4 is 5.32 Å². The zero-order valence-electron chi connectivity index (χ0n) is 10.3. The predicted octanol–water partition coefficient (Wildman–Crippen LogP) is 1.83. The summed E-state index contributed by atoms with van der Waals surface area (Å²) in [6.45, 7) is 3.69. The zero-order valence-corrected chi connectivity index (χ0v) is 10.3. The van der Waals surface area contributed by atoms with Crippen molar-refractivity contribution in [2.45, 2.75) is 13.8 Å². The van der Waals surface area contributed by atoms with Crippen LogP contribution >= 0.6 is 0 Å². The lowest BCUT2D eigenvalue weighted by atomic mass is 10.3. The molecule has 0 fully saturated rings. The van der Waals surface area contributed by atoms with Crippen LogP contribution in [0, 0.1) is 24.0 Å². The number of anilines is 1. The molecular weight excluding hydrogens is 234 g/mol. The monoisotopic (exact) mass is 247 g/mol. The van der Waals surface area contributed by atoms with Crippen molar-refractivity contribution in [3.8, 4) is 5.82 Å². The summed E-state index contributed by atoms with van der Waals surface area (Å²) in [5, 5.41) is 13.9. The zero-order chi connectivity index (χ0) is 13.3. The number of nitrogens with one attached hydrogen (secondary N) is 1. The van der Waals surface area contributed by atoms with Crippen molar-refractivity contribution in [1.29, 1.82) is 0 Å². The highest BCUT2D eigenvalue weighted by Gasteiger charge is 2.19. The molecule has 2 aromatic rings. The van der Waals surface area contributed by atoms with Crippen LogP contribution in [-0.2, 0) is 0 Å². The van der Waals surface area contributed by atoms with E-state index in [1.807, 2.05) is 13.8 Å². The summed E-state index contributed by atoms with van der Waals surface area (Å²) in [6, 6.07) is 3.00. The van der Waals surface area contributed by atoms with Gasteiger partial charge in [-0.25, -0.2) is 9.97 Å². The van der Waals surface area contributed by atoms with Gasteiger partial charge in [-0.2, -0.15) is 0 Å². The highest BCUT2D eigenvalue weighted by Crippen LogP contribution is 2.24. The lowest BCUT2D eigenvalue weighted by molar-refractivity contribution is -0.384. The fraction of sp³-hybridized carbons (Fsp3) is 0.273. The van der Waals surface area contributed by atoms with Gasteiger partial charge in [0.25, 0.3) is 0 Å². The van der Waals surface area contributed by atoms with Gasteiger partial charge in [-0.3, -0.25) is 14.7 Å². The molecule has 7 heteroatoms. The minimum absolute atomic E-state index is 0.0468. The van der Waals surface area contributed by atoms with E-state index in [0.717, 1.165) is 11.4 Å². The van der Waals surface area contributed by atoms with Crippen LogP contribution in [0.15, 0.2) is 18.5 Å². The molecule has 2 aromatic heterocycles. The Morgan fingerprint density at radius 1 is 1.39 bits per heavy atom. The van der Waals surface area contributed by atoms with Crippen LogP contribution in [0.2, 0.25) is 0 Å². The van der Waals surface area contributed by atoms with E-state index in [9.17, 15) is 10.1 Å². The maximum absolute atomic E-state index is 11.0. The Bertz CT molecular complexity index is 605. The SMILES string of the molecule is CNc1ccc([N+](=O)[O-])c(-n2cnc(C)c2C)n1. The van der Waals surface area contributed by atoms with E-state index in [-0.39, 0.29) is 11.5 Å². The molecule has 0 aliphatic heterocycles. The molecule has 18 heavy (non-hydrogen) atoms. The number of nitro groups is 1. The van der Waals surface area contributed by atoms with Gasteiger partial charge in [0, 0.05) is 18.8 Å². The van der Waals surface area contributed by atoms with E-state index < -0.39 is 4.92 Å². The molecule has 0 radical (unpaired) electrons. The molecule has 0 aromatic carbocycles. The molecule has 2 rings (SSSR count). The molecule has 0 spiro atoms. The number of hydrogen-bond acceptors (Lipinski definition) is 5. The first kappa shape index (κ1) is 12.0. The van der Waals surface area contributed by atoms with Gasteiger partial charge < -0.3 is 5.32 Å². The molecule has 0 aliphatic rings. The lowest BCUT2D eigenvalue weighted by Gasteiger charge is -2.07. The molecule has 1 N–H and O–H groups in total. The van der Waals surface area contributed by atoms with Gasteiger partial charge in [0.2, 0.25) is 5.82 Å². The Kier molecular flexibility index (Phi) is 2.97. The summed E-state index contributed by atoms with van der Waals surface area (Å²) < 4.78 is 1.62. The minimum Gasteiger partial charge on any atom is -0.373 e. The van der Waals surface area contributed by atoms with Gasteiger partial charge in [-0.05, 0) is 19.9 Å². The van der Waals surface area contributed by atoms with Crippen LogP contribution in [0.1, 0.15) is 11.4 Å². The second kappa shape index (κ2) is 4.44. The molecule has 0 atom stereocenters. The Balaban J connectivity index is 2.67. The quantitative estimate of drug-likeness (QED) is 0.660. The van der Waals surface area contributed by atoms with Gasteiger partial charge in [-0.15, -0.1) is 0 Å². The lowest BCUT2D eigenvalue weighted by Crippen LogP contribution is -2.05. The number of aryl methyl sites for hydroxylation is 1. The second-order valence-corrected chi connectivity index (χ2v) is 3.83. The van der Waals surface area contributed by atoms with Gasteiger partial charge in [0.05, 0.1) is 10.6 Å². The summed E-state index contributed by atoms with van der Waals surface area (Å²) in [5.74, 6) is 0.839. The smallest absolute Gasteiger partial charge is 0.312 e. The summed E-state index contributed by atoms with van der Waals surface area (Å²) in [7, 11) is 1.71. The van der Waals surface area contributed by atoms with E-state index in [0.29, 0.717) is 5.82 Å². The first-order chi connectivity index (χ1) is 8.54. The molecule has 0 amide bonds. The third-order valence-electron chi connectivity index (χ3n) is 2.79. The van der Waals surface area contributed by atoms with Gasteiger partial charge >= 0.3 is 5.69 Å². The number of aromatic nitrogens is 3. The Morgan fingerprint density at radius 2 is 2.11 bits per heavy atom. The maximum Gasteiger partial charge on any atom is 0.312 e. The number of imidazole rings is 1. The van der Waals surface area contributed by atoms with Crippen LogP contribution in [0.5, 0.6) is 0 Å². The van der Waals surface area contributed by atoms with E-state index in [1.54, 1.807) is 24.0 Å². The normalized spacial score (nSPS) is 10.4. The Hall–Kier alpha value is -2.44. The summed E-state index contributed by atoms with van der Waals surface area (Å²) >= 11 is 0. The maximum atomic E-state index is 11.0. The number of nitrogens with zero attached hydrogens (tertiary/aromatic N) is 4. The highest BCUT2D eigenvalue weighted by molar-refractivity contribution is 5.53. The molecule has 0 aliphatic carbocycles. The molecule has 0 bridgehead atoms. The van der Waals surface area contributed by atoms with Crippen molar-refractivity contribution in [3.05, 3.63) is 40.0 Å². The minimum atomic E-state index is -0.448. The fourth-order valence-electron chi connectivity index (χ4n) is 1.61. The van der Waals surface area contributed by atoms with Crippen molar-refractivity contribution >= 4 is 11.5 Å². The molecule has 0 saturated carbocycles. The van der Waals surface area contributed by atoms with Crippen LogP contribution in [0.25, 0.3) is 5.82 Å². The molecular formula is C11H13N5O2. The topological polar surface area (TPSA) is 85.9 Å².